The molecular formula is C20H24BrN5O2. The third-order valence-electron chi connectivity index (χ3n) is 5.43. The normalized spacial score (nSPS) is 17.9. The summed E-state index contributed by atoms with van der Waals surface area (Å²) in [6.45, 7) is 4.92. The molecule has 1 aromatic heterocycles. The average Bonchev–Trinajstić information content (AvgIpc) is 3.41. The average molecular weight is 446 g/mol. The molecule has 7 nitrogen and oxygen atoms in total. The Labute approximate surface area is 172 Å². The first-order valence-corrected chi connectivity index (χ1v) is 10.5. The first kappa shape index (κ1) is 19.1. The summed E-state index contributed by atoms with van der Waals surface area (Å²) in [6, 6.07) is 9.63. The van der Waals surface area contributed by atoms with Gasteiger partial charge in [0, 0.05) is 49.3 Å². The first-order valence-electron chi connectivity index (χ1n) is 9.71. The number of H-pyrrole nitrogens is 1. The molecule has 0 atom stereocenters. The molecule has 2 saturated heterocycles. The third-order valence-corrected chi connectivity index (χ3v) is 5.95. The van der Waals surface area contributed by atoms with Gasteiger partial charge in [0.2, 0.25) is 5.91 Å². The fraction of sp³-hybridized carbons (Fsp3) is 0.450. The number of piperazine rings is 1. The topological polar surface area (TPSA) is 72.5 Å². The lowest BCUT2D eigenvalue weighted by atomic mass is 10.1. The molecule has 1 N–H and O–H groups in total. The van der Waals surface area contributed by atoms with Crippen LogP contribution in [0, 0.1) is 0 Å². The van der Waals surface area contributed by atoms with Crippen LogP contribution in [0.3, 0.4) is 0 Å². The van der Waals surface area contributed by atoms with E-state index in [9.17, 15) is 9.59 Å². The maximum Gasteiger partial charge on any atom is 0.271 e. The van der Waals surface area contributed by atoms with E-state index in [0.29, 0.717) is 25.3 Å². The van der Waals surface area contributed by atoms with E-state index >= 15 is 0 Å². The first-order chi connectivity index (χ1) is 13.6. The van der Waals surface area contributed by atoms with Gasteiger partial charge in [0.1, 0.15) is 5.69 Å². The lowest BCUT2D eigenvalue weighted by molar-refractivity contribution is -0.131. The maximum atomic E-state index is 12.8. The van der Waals surface area contributed by atoms with E-state index in [4.69, 9.17) is 0 Å². The Morgan fingerprint density at radius 1 is 0.964 bits per heavy atom. The number of nitrogens with one attached hydrogen (secondary N) is 1. The molecule has 148 valence electrons. The number of amides is 2. The number of carbonyl (C=O) groups excluding carboxylic acids is 2. The smallest absolute Gasteiger partial charge is 0.271 e. The minimum absolute atomic E-state index is 0.0404. The van der Waals surface area contributed by atoms with Crippen LogP contribution in [0.25, 0.3) is 11.3 Å². The Balaban J connectivity index is 1.31. The second-order valence-corrected chi connectivity index (χ2v) is 8.25. The molecule has 0 radical (unpaired) electrons. The van der Waals surface area contributed by atoms with Crippen molar-refractivity contribution in [2.45, 2.75) is 12.8 Å². The fourth-order valence-electron chi connectivity index (χ4n) is 3.74. The van der Waals surface area contributed by atoms with Crippen LogP contribution in [0.1, 0.15) is 23.3 Å². The monoisotopic (exact) mass is 445 g/mol. The van der Waals surface area contributed by atoms with Gasteiger partial charge in [0.25, 0.3) is 5.91 Å². The lowest BCUT2D eigenvalue weighted by Gasteiger charge is -2.34. The molecule has 2 fully saturated rings. The van der Waals surface area contributed by atoms with Gasteiger partial charge in [-0.3, -0.25) is 19.6 Å². The van der Waals surface area contributed by atoms with Gasteiger partial charge in [-0.25, -0.2) is 0 Å². The standard InChI is InChI=1S/C20H24BrN5O2/c21-16-5-3-15(4-6-16)17-13-18(23-22-17)20(28)26-11-9-24(10-12-26)14-19(27)25-7-1-2-8-25/h3-6,13H,1-2,7-12,14H2,(H,22,23). The van der Waals surface area contributed by atoms with Crippen LogP contribution in [-0.2, 0) is 4.79 Å². The SMILES string of the molecule is O=C(CN1CCN(C(=O)c2cc(-c3ccc(Br)cc3)n[nH]2)CC1)N1CCCC1. The van der Waals surface area contributed by atoms with Crippen LogP contribution in [0.4, 0.5) is 0 Å². The van der Waals surface area contributed by atoms with Gasteiger partial charge in [0.15, 0.2) is 0 Å². The summed E-state index contributed by atoms with van der Waals surface area (Å²) in [5, 5.41) is 7.15. The second-order valence-electron chi connectivity index (χ2n) is 7.33. The summed E-state index contributed by atoms with van der Waals surface area (Å²) in [4.78, 5) is 31.0. The van der Waals surface area contributed by atoms with Crippen molar-refractivity contribution in [2.24, 2.45) is 0 Å². The van der Waals surface area contributed by atoms with E-state index in [-0.39, 0.29) is 11.8 Å². The van der Waals surface area contributed by atoms with Crippen molar-refractivity contribution in [2.75, 3.05) is 45.8 Å². The number of halogens is 1. The molecule has 4 rings (SSSR count). The molecule has 28 heavy (non-hydrogen) atoms. The highest BCUT2D eigenvalue weighted by atomic mass is 79.9. The van der Waals surface area contributed by atoms with Gasteiger partial charge >= 0.3 is 0 Å². The van der Waals surface area contributed by atoms with Crippen molar-refractivity contribution in [1.82, 2.24) is 24.9 Å². The quantitative estimate of drug-likeness (QED) is 0.782. The minimum atomic E-state index is -0.0404. The third kappa shape index (κ3) is 4.28. The van der Waals surface area contributed by atoms with Crippen molar-refractivity contribution in [1.29, 1.82) is 0 Å². The van der Waals surface area contributed by atoms with E-state index in [0.717, 1.165) is 54.8 Å². The van der Waals surface area contributed by atoms with E-state index in [1.165, 1.54) is 0 Å². The summed E-state index contributed by atoms with van der Waals surface area (Å²) < 4.78 is 1.00. The van der Waals surface area contributed by atoms with Gasteiger partial charge in [0.05, 0.1) is 12.2 Å². The number of nitrogens with zero attached hydrogens (tertiary/aromatic N) is 4. The van der Waals surface area contributed by atoms with Gasteiger partial charge in [-0.1, -0.05) is 28.1 Å². The molecule has 0 aliphatic carbocycles. The molecule has 2 aliphatic rings. The summed E-state index contributed by atoms with van der Waals surface area (Å²) in [5.41, 5.74) is 2.22. The predicted octanol–water partition coefficient (Wildman–Crippen LogP) is 2.22. The molecular weight excluding hydrogens is 422 g/mol. The van der Waals surface area contributed by atoms with Crippen molar-refractivity contribution in [3.8, 4) is 11.3 Å². The fourth-order valence-corrected chi connectivity index (χ4v) is 4.00. The number of hydrogen-bond acceptors (Lipinski definition) is 4. The molecule has 1 aromatic carbocycles. The highest BCUT2D eigenvalue weighted by Gasteiger charge is 2.26. The summed E-state index contributed by atoms with van der Waals surface area (Å²) in [5.74, 6) is 0.173. The van der Waals surface area contributed by atoms with Crippen LogP contribution in [0.2, 0.25) is 0 Å². The Hall–Kier alpha value is -2.19. The largest absolute Gasteiger partial charge is 0.342 e. The Bertz CT molecular complexity index is 837. The number of aromatic nitrogens is 2. The highest BCUT2D eigenvalue weighted by molar-refractivity contribution is 9.10. The zero-order valence-electron chi connectivity index (χ0n) is 15.7. The molecule has 2 amide bonds. The number of hydrogen-bond donors (Lipinski definition) is 1. The van der Waals surface area contributed by atoms with E-state index in [2.05, 4.69) is 31.0 Å². The molecule has 8 heteroatoms. The lowest BCUT2D eigenvalue weighted by Crippen LogP contribution is -2.51. The Morgan fingerprint density at radius 3 is 2.32 bits per heavy atom. The van der Waals surface area contributed by atoms with Crippen LogP contribution in [0.15, 0.2) is 34.8 Å². The molecule has 2 aromatic rings. The van der Waals surface area contributed by atoms with Crippen molar-refractivity contribution in [3.63, 3.8) is 0 Å². The number of aromatic amines is 1. The van der Waals surface area contributed by atoms with Gasteiger partial charge in [-0.15, -0.1) is 0 Å². The minimum Gasteiger partial charge on any atom is -0.342 e. The summed E-state index contributed by atoms with van der Waals surface area (Å²) >= 11 is 3.42. The molecule has 2 aliphatic heterocycles. The zero-order valence-corrected chi connectivity index (χ0v) is 17.3. The Kier molecular flexibility index (Phi) is 5.77. The van der Waals surface area contributed by atoms with Crippen molar-refractivity contribution in [3.05, 3.63) is 40.5 Å². The predicted molar refractivity (Wildman–Crippen MR) is 110 cm³/mol. The van der Waals surface area contributed by atoms with E-state index in [1.54, 1.807) is 6.07 Å². The maximum absolute atomic E-state index is 12.8. The molecule has 0 unspecified atom stereocenters. The second kappa shape index (κ2) is 8.45. The van der Waals surface area contributed by atoms with Crippen LogP contribution in [-0.4, -0.2) is 82.5 Å². The number of carbonyl (C=O) groups is 2. The summed E-state index contributed by atoms with van der Waals surface area (Å²) in [7, 11) is 0. The molecule has 0 bridgehead atoms. The van der Waals surface area contributed by atoms with Crippen LogP contribution in [0.5, 0.6) is 0 Å². The Morgan fingerprint density at radius 2 is 1.64 bits per heavy atom. The number of rotatable bonds is 4. The van der Waals surface area contributed by atoms with Crippen LogP contribution < -0.4 is 0 Å². The molecule has 0 spiro atoms. The molecule has 3 heterocycles. The van der Waals surface area contributed by atoms with Gasteiger partial charge < -0.3 is 9.80 Å². The van der Waals surface area contributed by atoms with Gasteiger partial charge in [-0.2, -0.15) is 5.10 Å². The summed E-state index contributed by atoms with van der Waals surface area (Å²) in [6.07, 6.45) is 2.22. The van der Waals surface area contributed by atoms with E-state index in [1.807, 2.05) is 34.1 Å². The number of benzene rings is 1. The molecule has 0 saturated carbocycles. The van der Waals surface area contributed by atoms with Crippen molar-refractivity contribution >= 4 is 27.7 Å². The highest BCUT2D eigenvalue weighted by Crippen LogP contribution is 2.21. The van der Waals surface area contributed by atoms with Gasteiger partial charge in [-0.05, 0) is 31.0 Å². The van der Waals surface area contributed by atoms with Crippen LogP contribution >= 0.6 is 15.9 Å². The zero-order chi connectivity index (χ0) is 19.5. The van der Waals surface area contributed by atoms with E-state index < -0.39 is 0 Å². The number of likely N-dealkylation sites (tertiary alicyclic amines) is 1. The van der Waals surface area contributed by atoms with Crippen molar-refractivity contribution < 1.29 is 9.59 Å².